The van der Waals surface area contributed by atoms with E-state index in [0.29, 0.717) is 12.5 Å². The zero-order valence-corrected chi connectivity index (χ0v) is 15.3. The predicted octanol–water partition coefficient (Wildman–Crippen LogP) is 4.25. The summed E-state index contributed by atoms with van der Waals surface area (Å²) >= 11 is 7.48. The van der Waals surface area contributed by atoms with Crippen LogP contribution >= 0.6 is 22.9 Å². The van der Waals surface area contributed by atoms with Gasteiger partial charge in [0.1, 0.15) is 10.8 Å². The Morgan fingerprint density at radius 1 is 1.21 bits per heavy atom. The van der Waals surface area contributed by atoms with E-state index in [2.05, 4.69) is 38.9 Å². The van der Waals surface area contributed by atoms with E-state index in [1.165, 1.54) is 5.56 Å². The van der Waals surface area contributed by atoms with Crippen molar-refractivity contribution >= 4 is 28.1 Å². The Kier molecular flexibility index (Phi) is 5.48. The van der Waals surface area contributed by atoms with Crippen molar-refractivity contribution in [3.05, 3.63) is 58.1 Å². The SMILES string of the molecule is CC(C)Cn1ccnc1CNc1nnc(Cc2ccc(Cl)cc2)s1. The van der Waals surface area contributed by atoms with Gasteiger partial charge in [-0.3, -0.25) is 0 Å². The van der Waals surface area contributed by atoms with Crippen LogP contribution in [0.25, 0.3) is 0 Å². The van der Waals surface area contributed by atoms with Crippen LogP contribution in [0.1, 0.15) is 30.2 Å². The fourth-order valence-electron chi connectivity index (χ4n) is 2.39. The van der Waals surface area contributed by atoms with Crippen LogP contribution in [0.5, 0.6) is 0 Å². The number of hydrogen-bond donors (Lipinski definition) is 1. The summed E-state index contributed by atoms with van der Waals surface area (Å²) in [6.45, 7) is 6.01. The molecule has 3 rings (SSSR count). The largest absolute Gasteiger partial charge is 0.353 e. The third-order valence-electron chi connectivity index (χ3n) is 3.50. The first kappa shape index (κ1) is 16.9. The number of rotatable bonds is 7. The highest BCUT2D eigenvalue weighted by Crippen LogP contribution is 2.20. The second kappa shape index (κ2) is 7.77. The van der Waals surface area contributed by atoms with Crippen LogP contribution in [0.15, 0.2) is 36.7 Å². The van der Waals surface area contributed by atoms with Gasteiger partial charge >= 0.3 is 0 Å². The number of anilines is 1. The van der Waals surface area contributed by atoms with Crippen LogP contribution in [-0.4, -0.2) is 19.7 Å². The molecule has 2 heterocycles. The Balaban J connectivity index is 1.58. The number of aromatic nitrogens is 4. The Bertz CT molecular complexity index is 778. The van der Waals surface area contributed by atoms with Gasteiger partial charge in [-0.2, -0.15) is 0 Å². The number of imidazole rings is 1. The molecule has 0 atom stereocenters. The molecule has 0 saturated heterocycles. The molecule has 0 spiro atoms. The molecular formula is C17H20ClN5S. The van der Waals surface area contributed by atoms with E-state index in [9.17, 15) is 0 Å². The van der Waals surface area contributed by atoms with Crippen molar-refractivity contribution in [2.24, 2.45) is 5.92 Å². The molecule has 1 aromatic carbocycles. The number of nitrogens with one attached hydrogen (secondary N) is 1. The molecule has 0 saturated carbocycles. The molecule has 0 aliphatic rings. The lowest BCUT2D eigenvalue weighted by atomic mass is 10.2. The fourth-order valence-corrected chi connectivity index (χ4v) is 3.29. The number of halogens is 1. The van der Waals surface area contributed by atoms with Gasteiger partial charge < -0.3 is 9.88 Å². The number of nitrogens with zero attached hydrogens (tertiary/aromatic N) is 4. The van der Waals surface area contributed by atoms with Gasteiger partial charge in [0.2, 0.25) is 5.13 Å². The molecule has 7 heteroatoms. The maximum absolute atomic E-state index is 5.91. The van der Waals surface area contributed by atoms with Gasteiger partial charge in [-0.25, -0.2) is 4.98 Å². The number of benzene rings is 1. The van der Waals surface area contributed by atoms with Gasteiger partial charge in [-0.1, -0.05) is 48.9 Å². The molecule has 0 aliphatic carbocycles. The van der Waals surface area contributed by atoms with E-state index >= 15 is 0 Å². The minimum atomic E-state index is 0.588. The molecule has 0 bridgehead atoms. The third kappa shape index (κ3) is 4.55. The van der Waals surface area contributed by atoms with Gasteiger partial charge in [0.05, 0.1) is 6.54 Å². The summed E-state index contributed by atoms with van der Waals surface area (Å²) in [4.78, 5) is 4.41. The summed E-state index contributed by atoms with van der Waals surface area (Å²) in [5.41, 5.74) is 1.18. The highest BCUT2D eigenvalue weighted by atomic mass is 35.5. The highest BCUT2D eigenvalue weighted by Gasteiger charge is 2.08. The van der Waals surface area contributed by atoms with E-state index in [4.69, 9.17) is 11.6 Å². The molecule has 0 unspecified atom stereocenters. The van der Waals surface area contributed by atoms with Crippen molar-refractivity contribution in [1.82, 2.24) is 19.7 Å². The second-order valence-corrected chi connectivity index (χ2v) is 7.55. The molecule has 126 valence electrons. The van der Waals surface area contributed by atoms with E-state index in [0.717, 1.165) is 34.0 Å². The Morgan fingerprint density at radius 3 is 2.75 bits per heavy atom. The molecule has 5 nitrogen and oxygen atoms in total. The van der Waals surface area contributed by atoms with E-state index in [-0.39, 0.29) is 0 Å². The topological polar surface area (TPSA) is 55.6 Å². The fraction of sp³-hybridized carbons (Fsp3) is 0.353. The molecule has 0 amide bonds. The Morgan fingerprint density at radius 2 is 2.00 bits per heavy atom. The van der Waals surface area contributed by atoms with Gasteiger partial charge in [0.15, 0.2) is 0 Å². The summed E-state index contributed by atoms with van der Waals surface area (Å²) in [5, 5.41) is 14.3. The highest BCUT2D eigenvalue weighted by molar-refractivity contribution is 7.15. The maximum atomic E-state index is 5.91. The average molecular weight is 362 g/mol. The summed E-state index contributed by atoms with van der Waals surface area (Å²) in [6.07, 6.45) is 4.62. The van der Waals surface area contributed by atoms with E-state index in [1.54, 1.807) is 11.3 Å². The minimum absolute atomic E-state index is 0.588. The maximum Gasteiger partial charge on any atom is 0.206 e. The zero-order chi connectivity index (χ0) is 16.9. The summed E-state index contributed by atoms with van der Waals surface area (Å²) < 4.78 is 2.17. The standard InChI is InChI=1S/C17H20ClN5S/c1-12(2)11-23-8-7-19-15(23)10-20-17-22-21-16(24-17)9-13-3-5-14(18)6-4-13/h3-8,12H,9-11H2,1-2H3,(H,20,22). The van der Waals surface area contributed by atoms with E-state index in [1.807, 2.05) is 36.7 Å². The van der Waals surface area contributed by atoms with Crippen LogP contribution in [0.3, 0.4) is 0 Å². The lowest BCUT2D eigenvalue weighted by Gasteiger charge is -2.10. The lowest BCUT2D eigenvalue weighted by Crippen LogP contribution is -2.11. The minimum Gasteiger partial charge on any atom is -0.353 e. The molecule has 3 aromatic rings. The quantitative estimate of drug-likeness (QED) is 0.683. The van der Waals surface area contributed by atoms with Crippen molar-refractivity contribution in [2.75, 3.05) is 5.32 Å². The lowest BCUT2D eigenvalue weighted by molar-refractivity contribution is 0.509. The Labute approximate surface area is 150 Å². The molecule has 0 fully saturated rings. The van der Waals surface area contributed by atoms with E-state index < -0.39 is 0 Å². The van der Waals surface area contributed by atoms with Crippen molar-refractivity contribution < 1.29 is 0 Å². The first-order valence-corrected chi connectivity index (χ1v) is 9.10. The van der Waals surface area contributed by atoms with Crippen molar-refractivity contribution in [1.29, 1.82) is 0 Å². The summed E-state index contributed by atoms with van der Waals surface area (Å²) in [7, 11) is 0. The summed E-state index contributed by atoms with van der Waals surface area (Å²) in [6, 6.07) is 7.82. The average Bonchev–Trinajstić information content (AvgIpc) is 3.16. The molecule has 1 N–H and O–H groups in total. The van der Waals surface area contributed by atoms with Crippen LogP contribution in [0.2, 0.25) is 5.02 Å². The first-order valence-electron chi connectivity index (χ1n) is 7.91. The van der Waals surface area contributed by atoms with Crippen LogP contribution in [0, 0.1) is 5.92 Å². The van der Waals surface area contributed by atoms with Gasteiger partial charge in [-0.05, 0) is 23.6 Å². The van der Waals surface area contributed by atoms with Gasteiger partial charge in [0, 0.05) is 30.4 Å². The van der Waals surface area contributed by atoms with Gasteiger partial charge in [0.25, 0.3) is 0 Å². The molecule has 0 aliphatic heterocycles. The normalized spacial score (nSPS) is 11.2. The van der Waals surface area contributed by atoms with Crippen LogP contribution in [-0.2, 0) is 19.5 Å². The Hall–Kier alpha value is -1.92. The van der Waals surface area contributed by atoms with Crippen molar-refractivity contribution in [2.45, 2.75) is 33.4 Å². The third-order valence-corrected chi connectivity index (χ3v) is 4.63. The second-order valence-electron chi connectivity index (χ2n) is 6.05. The molecule has 24 heavy (non-hydrogen) atoms. The molecule has 0 radical (unpaired) electrons. The predicted molar refractivity (Wildman–Crippen MR) is 98.6 cm³/mol. The van der Waals surface area contributed by atoms with Crippen LogP contribution in [0.4, 0.5) is 5.13 Å². The first-order chi connectivity index (χ1) is 11.6. The smallest absolute Gasteiger partial charge is 0.206 e. The monoisotopic (exact) mass is 361 g/mol. The van der Waals surface area contributed by atoms with Crippen molar-refractivity contribution in [3.63, 3.8) is 0 Å². The molecular weight excluding hydrogens is 342 g/mol. The number of hydrogen-bond acceptors (Lipinski definition) is 5. The zero-order valence-electron chi connectivity index (χ0n) is 13.7. The molecule has 2 aromatic heterocycles. The summed E-state index contributed by atoms with van der Waals surface area (Å²) in [5.74, 6) is 1.60. The van der Waals surface area contributed by atoms with Crippen LogP contribution < -0.4 is 5.32 Å². The van der Waals surface area contributed by atoms with Gasteiger partial charge in [-0.15, -0.1) is 10.2 Å². The van der Waals surface area contributed by atoms with Crippen molar-refractivity contribution in [3.8, 4) is 0 Å².